The average molecular weight is 279 g/mol. The molecule has 0 aliphatic carbocycles. The first kappa shape index (κ1) is 15.1. The topological polar surface area (TPSA) is 84.2 Å². The monoisotopic (exact) mass is 279 g/mol. The van der Waals surface area contributed by atoms with Crippen LogP contribution in [0.15, 0.2) is 30.3 Å². The molecule has 2 unspecified atom stereocenters. The van der Waals surface area contributed by atoms with E-state index in [4.69, 9.17) is 5.73 Å². The lowest BCUT2D eigenvalue weighted by molar-refractivity contribution is -0.120. The summed E-state index contributed by atoms with van der Waals surface area (Å²) >= 11 is 4.67. The lowest BCUT2D eigenvalue weighted by atomic mass is 10.1. The van der Waals surface area contributed by atoms with Gasteiger partial charge in [-0.25, -0.2) is 0 Å². The van der Waals surface area contributed by atoms with Crippen molar-refractivity contribution < 1.29 is 9.59 Å². The molecule has 2 amide bonds. The number of hydrogen-bond donors (Lipinski definition) is 3. The Kier molecular flexibility index (Phi) is 5.95. The van der Waals surface area contributed by atoms with Gasteiger partial charge in [0, 0.05) is 11.6 Å². The van der Waals surface area contributed by atoms with E-state index in [-0.39, 0.29) is 11.9 Å². The number of primary amides is 1. The van der Waals surface area contributed by atoms with Gasteiger partial charge >= 0.3 is 0 Å². The number of carbonyl (C=O) groups is 2. The van der Waals surface area contributed by atoms with E-state index in [0.29, 0.717) is 12.0 Å². The Morgan fingerprint density at radius 2 is 2.00 bits per heavy atom. The fourth-order valence-corrected chi connectivity index (χ4v) is 1.85. The van der Waals surface area contributed by atoms with Crippen molar-refractivity contribution in [2.45, 2.75) is 25.4 Å². The van der Waals surface area contributed by atoms with Crippen molar-refractivity contribution in [3.05, 3.63) is 35.9 Å². The van der Waals surface area contributed by atoms with Crippen LogP contribution in [0.4, 0.5) is 0 Å². The molecule has 0 radical (unpaired) electrons. The second-order valence-electron chi connectivity index (χ2n) is 4.22. The predicted octanol–water partition coefficient (Wildman–Crippen LogP) is 0.596. The summed E-state index contributed by atoms with van der Waals surface area (Å²) in [5, 5.41) is 5.50. The van der Waals surface area contributed by atoms with Crippen molar-refractivity contribution in [3.8, 4) is 0 Å². The molecule has 1 aromatic rings. The third kappa shape index (κ3) is 5.05. The van der Waals surface area contributed by atoms with Gasteiger partial charge in [-0.2, -0.15) is 0 Å². The van der Waals surface area contributed by atoms with E-state index in [1.54, 1.807) is 24.3 Å². The molecule has 1 aromatic carbocycles. The molecule has 2 atom stereocenters. The summed E-state index contributed by atoms with van der Waals surface area (Å²) in [4.78, 5) is 23.3. The van der Waals surface area contributed by atoms with Crippen molar-refractivity contribution in [2.75, 3.05) is 0 Å². The second kappa shape index (κ2) is 7.48. The number of nitrogens with one attached hydrogen (secondary N) is 2. The molecule has 4 N–H and O–H groups in total. The molecular weight excluding hydrogens is 262 g/mol. The van der Waals surface area contributed by atoms with Crippen LogP contribution in [0.2, 0.25) is 0 Å². The van der Waals surface area contributed by atoms with Gasteiger partial charge in [-0.05, 0) is 25.5 Å². The zero-order valence-corrected chi connectivity index (χ0v) is 11.4. The Morgan fingerprint density at radius 3 is 2.53 bits per heavy atom. The van der Waals surface area contributed by atoms with Crippen LogP contribution in [0, 0.1) is 0 Å². The SMILES string of the molecule is CC(CC(NC(=O)c1ccccc1)C(N)=O)NC=S. The highest BCUT2D eigenvalue weighted by Gasteiger charge is 2.20. The average Bonchev–Trinajstić information content (AvgIpc) is 2.39. The first-order chi connectivity index (χ1) is 9.04. The summed E-state index contributed by atoms with van der Waals surface area (Å²) in [5.41, 5.74) is 7.16. The summed E-state index contributed by atoms with van der Waals surface area (Å²) in [6.45, 7) is 1.85. The highest BCUT2D eigenvalue weighted by molar-refractivity contribution is 7.78. The van der Waals surface area contributed by atoms with Crippen molar-refractivity contribution >= 4 is 29.5 Å². The number of carbonyl (C=O) groups excluding carboxylic acids is 2. The number of nitrogens with two attached hydrogens (primary N) is 1. The molecule has 5 nitrogen and oxygen atoms in total. The van der Waals surface area contributed by atoms with E-state index in [1.807, 2.05) is 13.0 Å². The number of rotatable bonds is 7. The first-order valence-corrected chi connectivity index (χ1v) is 6.36. The van der Waals surface area contributed by atoms with Gasteiger partial charge in [-0.1, -0.05) is 30.4 Å². The Bertz CT molecular complexity index is 450. The maximum atomic E-state index is 11.9. The number of benzene rings is 1. The second-order valence-corrected chi connectivity index (χ2v) is 4.45. The summed E-state index contributed by atoms with van der Waals surface area (Å²) < 4.78 is 0. The van der Waals surface area contributed by atoms with Crippen LogP contribution in [0.5, 0.6) is 0 Å². The minimum absolute atomic E-state index is 0.0499. The van der Waals surface area contributed by atoms with E-state index in [2.05, 4.69) is 22.9 Å². The van der Waals surface area contributed by atoms with E-state index in [1.165, 1.54) is 5.49 Å². The van der Waals surface area contributed by atoms with Gasteiger partial charge in [0.15, 0.2) is 0 Å². The van der Waals surface area contributed by atoms with Crippen LogP contribution in [0.1, 0.15) is 23.7 Å². The molecular formula is C13H17N3O2S. The highest BCUT2D eigenvalue weighted by Crippen LogP contribution is 2.02. The molecule has 0 bridgehead atoms. The zero-order chi connectivity index (χ0) is 14.3. The molecule has 0 spiro atoms. The van der Waals surface area contributed by atoms with E-state index < -0.39 is 11.9 Å². The maximum Gasteiger partial charge on any atom is 0.251 e. The standard InChI is InChI=1S/C13H17N3O2S/c1-9(15-8-19)7-11(12(14)17)16-13(18)10-5-3-2-4-6-10/h2-6,8-9,11H,7H2,1H3,(H2,14,17)(H,15,19)(H,16,18). The molecule has 0 saturated carbocycles. The third-order valence-electron chi connectivity index (χ3n) is 2.63. The van der Waals surface area contributed by atoms with Gasteiger partial charge in [0.25, 0.3) is 5.91 Å². The summed E-state index contributed by atoms with van der Waals surface area (Å²) in [5.74, 6) is -0.888. The zero-order valence-electron chi connectivity index (χ0n) is 10.6. The Hall–Kier alpha value is -1.95. The van der Waals surface area contributed by atoms with Crippen molar-refractivity contribution in [2.24, 2.45) is 5.73 Å². The van der Waals surface area contributed by atoms with Crippen LogP contribution < -0.4 is 16.4 Å². The molecule has 0 aliphatic heterocycles. The molecule has 0 aliphatic rings. The van der Waals surface area contributed by atoms with Crippen molar-refractivity contribution in [3.63, 3.8) is 0 Å². The summed E-state index contributed by atoms with van der Waals surface area (Å²) in [7, 11) is 0. The Balaban J connectivity index is 2.66. The van der Waals surface area contributed by atoms with E-state index in [9.17, 15) is 9.59 Å². The van der Waals surface area contributed by atoms with Crippen LogP contribution >= 0.6 is 12.2 Å². The lowest BCUT2D eigenvalue weighted by Gasteiger charge is -2.19. The van der Waals surface area contributed by atoms with Crippen LogP contribution in [0.3, 0.4) is 0 Å². The quantitative estimate of drug-likeness (QED) is 0.638. The van der Waals surface area contributed by atoms with E-state index in [0.717, 1.165) is 0 Å². The van der Waals surface area contributed by atoms with Crippen molar-refractivity contribution in [1.29, 1.82) is 0 Å². The highest BCUT2D eigenvalue weighted by atomic mass is 32.1. The lowest BCUT2D eigenvalue weighted by Crippen LogP contribution is -2.47. The number of amides is 2. The first-order valence-electron chi connectivity index (χ1n) is 5.89. The third-order valence-corrected chi connectivity index (χ3v) is 2.76. The molecule has 102 valence electrons. The minimum Gasteiger partial charge on any atom is -0.380 e. The smallest absolute Gasteiger partial charge is 0.251 e. The molecule has 19 heavy (non-hydrogen) atoms. The Labute approximate surface area is 117 Å². The largest absolute Gasteiger partial charge is 0.380 e. The van der Waals surface area contributed by atoms with Gasteiger partial charge in [0.1, 0.15) is 6.04 Å². The Morgan fingerprint density at radius 1 is 1.37 bits per heavy atom. The molecule has 6 heteroatoms. The molecule has 0 fully saturated rings. The molecule has 0 aromatic heterocycles. The van der Waals surface area contributed by atoms with Gasteiger partial charge in [-0.15, -0.1) is 0 Å². The molecule has 0 heterocycles. The maximum absolute atomic E-state index is 11.9. The van der Waals surface area contributed by atoms with Gasteiger partial charge in [0.05, 0.1) is 5.49 Å². The van der Waals surface area contributed by atoms with E-state index >= 15 is 0 Å². The fourth-order valence-electron chi connectivity index (χ4n) is 1.62. The van der Waals surface area contributed by atoms with Crippen molar-refractivity contribution in [1.82, 2.24) is 10.6 Å². The van der Waals surface area contributed by atoms with Gasteiger partial charge in [-0.3, -0.25) is 9.59 Å². The molecule has 0 saturated heterocycles. The van der Waals surface area contributed by atoms with Crippen LogP contribution in [-0.4, -0.2) is 29.4 Å². The fraction of sp³-hybridized carbons (Fsp3) is 0.308. The number of thiocarbonyl (C=S) groups is 1. The predicted molar refractivity (Wildman–Crippen MR) is 77.8 cm³/mol. The number of hydrogen-bond acceptors (Lipinski definition) is 3. The van der Waals surface area contributed by atoms with Crippen LogP contribution in [0.25, 0.3) is 0 Å². The summed E-state index contributed by atoms with van der Waals surface area (Å²) in [6, 6.07) is 7.89. The normalized spacial score (nSPS) is 13.1. The molecule has 1 rings (SSSR count). The van der Waals surface area contributed by atoms with Gasteiger partial charge < -0.3 is 16.4 Å². The minimum atomic E-state index is -0.731. The van der Waals surface area contributed by atoms with Crippen LogP contribution in [-0.2, 0) is 4.79 Å². The van der Waals surface area contributed by atoms with Gasteiger partial charge in [0.2, 0.25) is 5.91 Å². The summed E-state index contributed by atoms with van der Waals surface area (Å²) in [6.07, 6.45) is 0.376.